The van der Waals surface area contributed by atoms with Gasteiger partial charge in [-0.05, 0) is 30.5 Å². The number of nitrogens with one attached hydrogen (secondary N) is 1. The van der Waals surface area contributed by atoms with E-state index in [1.807, 2.05) is 0 Å². The first kappa shape index (κ1) is 18.8. The average molecular weight is 345 g/mol. The predicted octanol–water partition coefficient (Wildman–Crippen LogP) is 3.98. The van der Waals surface area contributed by atoms with Crippen molar-refractivity contribution >= 4 is 10.0 Å². The van der Waals surface area contributed by atoms with Gasteiger partial charge in [0.2, 0.25) is 10.0 Å². The van der Waals surface area contributed by atoms with Gasteiger partial charge in [0.15, 0.2) is 0 Å². The van der Waals surface area contributed by atoms with Crippen LogP contribution in [0.2, 0.25) is 0 Å². The fourth-order valence-electron chi connectivity index (χ4n) is 1.80. The van der Waals surface area contributed by atoms with Gasteiger partial charge in [-0.3, -0.25) is 0 Å². The average Bonchev–Trinajstić information content (AvgIpc) is 2.36. The monoisotopic (exact) mass is 345 g/mol. The SMILES string of the molecule is CC(C)c1ccc(S(=O)(=O)N[C@@H](C)C(F)(F)F)cc1C(F)F. The summed E-state index contributed by atoms with van der Waals surface area (Å²) in [6, 6.07) is 0.606. The van der Waals surface area contributed by atoms with E-state index in [2.05, 4.69) is 0 Å². The Hall–Kier alpha value is -1.22. The molecule has 0 spiro atoms. The molecule has 1 N–H and O–H groups in total. The molecule has 0 amide bonds. The van der Waals surface area contributed by atoms with Crippen LogP contribution < -0.4 is 4.72 Å². The predicted molar refractivity (Wildman–Crippen MR) is 71.3 cm³/mol. The second-order valence-corrected chi connectivity index (χ2v) is 6.84. The molecule has 0 saturated heterocycles. The molecule has 3 nitrogen and oxygen atoms in total. The molecule has 0 heterocycles. The van der Waals surface area contributed by atoms with Crippen molar-refractivity contribution in [2.75, 3.05) is 0 Å². The molecule has 0 saturated carbocycles. The van der Waals surface area contributed by atoms with Gasteiger partial charge in [-0.15, -0.1) is 0 Å². The van der Waals surface area contributed by atoms with E-state index in [1.54, 1.807) is 13.8 Å². The van der Waals surface area contributed by atoms with Gasteiger partial charge in [0, 0.05) is 5.56 Å². The van der Waals surface area contributed by atoms with E-state index < -0.39 is 39.1 Å². The summed E-state index contributed by atoms with van der Waals surface area (Å²) in [4.78, 5) is -0.622. The lowest BCUT2D eigenvalue weighted by atomic mass is 9.97. The van der Waals surface area contributed by atoms with Crippen LogP contribution in [0.4, 0.5) is 22.0 Å². The van der Waals surface area contributed by atoms with E-state index in [0.29, 0.717) is 13.0 Å². The maximum absolute atomic E-state index is 13.0. The van der Waals surface area contributed by atoms with Crippen molar-refractivity contribution in [3.8, 4) is 0 Å². The van der Waals surface area contributed by atoms with Crippen molar-refractivity contribution in [3.63, 3.8) is 0 Å². The highest BCUT2D eigenvalue weighted by Crippen LogP contribution is 2.31. The molecule has 9 heteroatoms. The van der Waals surface area contributed by atoms with E-state index in [9.17, 15) is 30.4 Å². The van der Waals surface area contributed by atoms with Gasteiger partial charge in [0.25, 0.3) is 6.43 Å². The minimum Gasteiger partial charge on any atom is -0.207 e. The lowest BCUT2D eigenvalue weighted by Crippen LogP contribution is -2.43. The van der Waals surface area contributed by atoms with Gasteiger partial charge >= 0.3 is 6.18 Å². The van der Waals surface area contributed by atoms with Gasteiger partial charge in [0.1, 0.15) is 6.04 Å². The molecule has 0 fully saturated rings. The number of halogens is 5. The molecule has 0 aromatic heterocycles. The molecular formula is C13H16F5NO2S. The third kappa shape index (κ3) is 4.39. The van der Waals surface area contributed by atoms with E-state index in [1.165, 1.54) is 10.8 Å². The van der Waals surface area contributed by atoms with Crippen LogP contribution in [0.1, 0.15) is 44.2 Å². The maximum Gasteiger partial charge on any atom is 0.404 e. The summed E-state index contributed by atoms with van der Waals surface area (Å²) in [6.45, 7) is 3.94. The Bertz CT molecular complexity index is 626. The summed E-state index contributed by atoms with van der Waals surface area (Å²) in [5.41, 5.74) is -0.254. The van der Waals surface area contributed by atoms with Gasteiger partial charge < -0.3 is 0 Å². The van der Waals surface area contributed by atoms with Crippen LogP contribution in [0, 0.1) is 0 Å². The fourth-order valence-corrected chi connectivity index (χ4v) is 3.07. The summed E-state index contributed by atoms with van der Waals surface area (Å²) in [6.07, 6.45) is -7.69. The van der Waals surface area contributed by atoms with Crippen LogP contribution in [-0.2, 0) is 10.0 Å². The molecule has 0 radical (unpaired) electrons. The Kier molecular flexibility index (Phi) is 5.56. The molecule has 1 rings (SSSR count). The molecule has 1 atom stereocenters. The highest BCUT2D eigenvalue weighted by molar-refractivity contribution is 7.89. The summed E-state index contributed by atoms with van der Waals surface area (Å²) in [7, 11) is -4.54. The Morgan fingerprint density at radius 1 is 1.05 bits per heavy atom. The van der Waals surface area contributed by atoms with Crippen LogP contribution in [0.3, 0.4) is 0 Å². The van der Waals surface area contributed by atoms with Gasteiger partial charge in [0.05, 0.1) is 4.90 Å². The normalized spacial score (nSPS) is 14.6. The second kappa shape index (κ2) is 6.49. The van der Waals surface area contributed by atoms with Crippen molar-refractivity contribution in [1.82, 2.24) is 4.72 Å². The topological polar surface area (TPSA) is 46.2 Å². The summed E-state index contributed by atoms with van der Waals surface area (Å²) >= 11 is 0. The molecule has 0 bridgehead atoms. The Labute approximate surface area is 125 Å². The van der Waals surface area contributed by atoms with E-state index >= 15 is 0 Å². The zero-order chi connectivity index (χ0) is 17.3. The lowest BCUT2D eigenvalue weighted by Gasteiger charge is -2.18. The lowest BCUT2D eigenvalue weighted by molar-refractivity contribution is -0.147. The van der Waals surface area contributed by atoms with Crippen molar-refractivity contribution in [3.05, 3.63) is 29.3 Å². The van der Waals surface area contributed by atoms with Crippen molar-refractivity contribution in [2.24, 2.45) is 0 Å². The maximum atomic E-state index is 13.0. The third-order valence-corrected chi connectivity index (χ3v) is 4.59. The van der Waals surface area contributed by atoms with E-state index in [-0.39, 0.29) is 11.5 Å². The van der Waals surface area contributed by atoms with Crippen molar-refractivity contribution < 1.29 is 30.4 Å². The van der Waals surface area contributed by atoms with E-state index in [0.717, 1.165) is 6.07 Å². The minimum atomic E-state index is -4.77. The zero-order valence-corrected chi connectivity index (χ0v) is 12.9. The molecule has 126 valence electrons. The summed E-state index contributed by atoms with van der Waals surface area (Å²) in [5, 5.41) is 0. The van der Waals surface area contributed by atoms with Crippen LogP contribution in [0.25, 0.3) is 0 Å². The van der Waals surface area contributed by atoms with Crippen LogP contribution in [0.15, 0.2) is 23.1 Å². The molecule has 0 aliphatic rings. The fraction of sp³-hybridized carbons (Fsp3) is 0.538. The van der Waals surface area contributed by atoms with Crippen molar-refractivity contribution in [2.45, 2.75) is 50.2 Å². The van der Waals surface area contributed by atoms with Gasteiger partial charge in [-0.2, -0.15) is 17.9 Å². The number of sulfonamides is 1. The molecule has 1 aromatic carbocycles. The minimum absolute atomic E-state index is 0.248. The third-order valence-electron chi connectivity index (χ3n) is 3.05. The first-order valence-electron chi connectivity index (χ1n) is 6.37. The molecule has 22 heavy (non-hydrogen) atoms. The smallest absolute Gasteiger partial charge is 0.207 e. The number of hydrogen-bond donors (Lipinski definition) is 1. The van der Waals surface area contributed by atoms with E-state index in [4.69, 9.17) is 0 Å². The Balaban J connectivity index is 3.24. The Morgan fingerprint density at radius 2 is 1.59 bits per heavy atom. The number of rotatable bonds is 5. The molecule has 0 aliphatic heterocycles. The van der Waals surface area contributed by atoms with Crippen LogP contribution in [-0.4, -0.2) is 20.6 Å². The number of hydrogen-bond acceptors (Lipinski definition) is 2. The zero-order valence-electron chi connectivity index (χ0n) is 12.1. The first-order valence-corrected chi connectivity index (χ1v) is 7.85. The Morgan fingerprint density at radius 3 is 2.00 bits per heavy atom. The van der Waals surface area contributed by atoms with Gasteiger partial charge in [-0.1, -0.05) is 19.9 Å². The molecular weight excluding hydrogens is 329 g/mol. The number of benzene rings is 1. The molecule has 1 aromatic rings. The quantitative estimate of drug-likeness (QED) is 0.821. The highest BCUT2D eigenvalue weighted by atomic mass is 32.2. The number of alkyl halides is 5. The van der Waals surface area contributed by atoms with Gasteiger partial charge in [-0.25, -0.2) is 17.2 Å². The highest BCUT2D eigenvalue weighted by Gasteiger charge is 2.39. The van der Waals surface area contributed by atoms with Crippen LogP contribution >= 0.6 is 0 Å². The molecule has 0 aliphatic carbocycles. The summed E-state index contributed by atoms with van der Waals surface area (Å²) < 4.78 is 88.5. The second-order valence-electron chi connectivity index (χ2n) is 5.13. The molecule has 0 unspecified atom stereocenters. The summed E-state index contributed by atoms with van der Waals surface area (Å²) in [5.74, 6) is -0.275. The van der Waals surface area contributed by atoms with Crippen LogP contribution in [0.5, 0.6) is 0 Å². The standard InChI is InChI=1S/C13H16F5NO2S/c1-7(2)10-5-4-9(6-11(10)12(14)15)22(20,21)19-8(3)13(16,17)18/h4-8,12,19H,1-3H3/t8-/m0/s1. The largest absolute Gasteiger partial charge is 0.404 e. The first-order chi connectivity index (χ1) is 9.86. The van der Waals surface area contributed by atoms with Crippen molar-refractivity contribution in [1.29, 1.82) is 0 Å².